The third kappa shape index (κ3) is 3.57. The maximum Gasteiger partial charge on any atom is 0.491 e. The summed E-state index contributed by atoms with van der Waals surface area (Å²) >= 11 is 0. The largest absolute Gasteiger partial charge is 0.491 e. The Bertz CT molecular complexity index is 594. The smallest absolute Gasteiger partial charge is 0.400 e. The van der Waals surface area contributed by atoms with Gasteiger partial charge in [0.15, 0.2) is 0 Å². The molecule has 0 amide bonds. The number of nitrogens with two attached hydrogens (primary N) is 1. The lowest BCUT2D eigenvalue weighted by Crippen LogP contribution is -2.41. The molecule has 1 heterocycles. The highest BCUT2D eigenvalue weighted by Crippen LogP contribution is 2.39. The number of nitrogens with one attached hydrogen (secondary N) is 1. The fourth-order valence-electron chi connectivity index (χ4n) is 2.34. The molecule has 1 aromatic rings. The van der Waals surface area contributed by atoms with Crippen LogP contribution in [0.2, 0.25) is 0 Å². The summed E-state index contributed by atoms with van der Waals surface area (Å²) in [6, 6.07) is 1.90. The normalized spacial score (nSPS) is 20.1. The van der Waals surface area contributed by atoms with Crippen LogP contribution in [-0.4, -0.2) is 31.9 Å². The average Bonchev–Trinajstić information content (AvgIpc) is 2.61. The van der Waals surface area contributed by atoms with E-state index < -0.39 is 30.0 Å². The van der Waals surface area contributed by atoms with Gasteiger partial charge in [0.05, 0.1) is 11.2 Å². The predicted octanol–water partition coefficient (Wildman–Crippen LogP) is 2.78. The Morgan fingerprint density at radius 2 is 1.78 bits per heavy atom. The van der Waals surface area contributed by atoms with E-state index in [1.165, 1.54) is 0 Å². The summed E-state index contributed by atoms with van der Waals surface area (Å²) in [6.45, 7) is 8.19. The lowest BCUT2D eigenvalue weighted by molar-refractivity contribution is 0.00578. The van der Waals surface area contributed by atoms with Gasteiger partial charge in [-0.1, -0.05) is 6.08 Å². The van der Waals surface area contributed by atoms with Gasteiger partial charge in [-0.25, -0.2) is 8.78 Å². The van der Waals surface area contributed by atoms with E-state index in [4.69, 9.17) is 15.0 Å². The average molecular weight is 324 g/mol. The molecule has 23 heavy (non-hydrogen) atoms. The minimum atomic E-state index is -0.715. The Balaban J connectivity index is 2.41. The zero-order valence-corrected chi connectivity index (χ0v) is 14.2. The van der Waals surface area contributed by atoms with Gasteiger partial charge in [-0.3, -0.25) is 0 Å². The van der Waals surface area contributed by atoms with Crippen molar-refractivity contribution in [2.75, 3.05) is 19.3 Å². The number of hydrogen-bond donors (Lipinski definition) is 2. The number of rotatable bonds is 4. The molecule has 1 aliphatic rings. The number of benzene rings is 1. The van der Waals surface area contributed by atoms with Crippen molar-refractivity contribution in [2.45, 2.75) is 38.9 Å². The maximum absolute atomic E-state index is 14.0. The second-order valence-corrected chi connectivity index (χ2v) is 6.73. The Kier molecular flexibility index (Phi) is 4.85. The monoisotopic (exact) mass is 324 g/mol. The van der Waals surface area contributed by atoms with Crippen molar-refractivity contribution in [3.8, 4) is 0 Å². The van der Waals surface area contributed by atoms with Gasteiger partial charge < -0.3 is 20.4 Å². The van der Waals surface area contributed by atoms with Crippen LogP contribution >= 0.6 is 0 Å². The summed E-state index contributed by atoms with van der Waals surface area (Å²) in [4.78, 5) is 0. The highest BCUT2D eigenvalue weighted by Gasteiger charge is 2.52. The van der Waals surface area contributed by atoms with Crippen LogP contribution < -0.4 is 11.1 Å². The molecule has 1 aliphatic heterocycles. The molecule has 0 spiro atoms. The Labute approximate surface area is 136 Å². The van der Waals surface area contributed by atoms with Gasteiger partial charge in [0.1, 0.15) is 11.6 Å². The van der Waals surface area contributed by atoms with E-state index in [2.05, 4.69) is 5.32 Å². The fraction of sp³-hybridized carbons (Fsp3) is 0.500. The number of likely N-dealkylation sites (N-methyl/N-ethyl adjacent to an activating group) is 1. The second kappa shape index (κ2) is 6.22. The zero-order chi connectivity index (χ0) is 17.4. The van der Waals surface area contributed by atoms with Crippen molar-refractivity contribution < 1.29 is 18.1 Å². The molecule has 4 nitrogen and oxygen atoms in total. The Morgan fingerprint density at radius 3 is 2.26 bits per heavy atom. The zero-order valence-electron chi connectivity index (χ0n) is 14.2. The van der Waals surface area contributed by atoms with Crippen LogP contribution in [0.15, 0.2) is 17.6 Å². The minimum absolute atomic E-state index is 0.0348. The summed E-state index contributed by atoms with van der Waals surface area (Å²) in [5.41, 5.74) is 5.59. The van der Waals surface area contributed by atoms with Crippen LogP contribution in [0.1, 0.15) is 33.3 Å². The molecule has 1 aromatic carbocycles. The molecule has 3 N–H and O–H groups in total. The topological polar surface area (TPSA) is 56.5 Å². The minimum Gasteiger partial charge on any atom is -0.400 e. The van der Waals surface area contributed by atoms with Gasteiger partial charge in [0.25, 0.3) is 0 Å². The molecule has 0 aliphatic carbocycles. The van der Waals surface area contributed by atoms with Crippen molar-refractivity contribution in [3.05, 3.63) is 34.8 Å². The highest BCUT2D eigenvalue weighted by molar-refractivity contribution is 6.56. The molecule has 0 radical (unpaired) electrons. The lowest BCUT2D eigenvalue weighted by Gasteiger charge is -2.32. The van der Waals surface area contributed by atoms with E-state index in [-0.39, 0.29) is 11.3 Å². The molecule has 126 valence electrons. The van der Waals surface area contributed by atoms with E-state index in [0.29, 0.717) is 12.0 Å². The van der Waals surface area contributed by atoms with Gasteiger partial charge in [-0.05, 0) is 46.3 Å². The van der Waals surface area contributed by atoms with Gasteiger partial charge in [-0.15, -0.1) is 0 Å². The predicted molar refractivity (Wildman–Crippen MR) is 88.8 cm³/mol. The molecular formula is C16H23BF2N2O2. The molecule has 1 fully saturated rings. The maximum atomic E-state index is 14.0. The standard InChI is InChI=1S/C16H23BF2N2O2/c1-15(2)16(3,4)23-17(22-15)10(9-21-5)6-12-13(19)7-11(18)8-14(12)20/h6-8,21H,9,20H2,1-5H3. The Hall–Kier alpha value is -1.44. The molecule has 2 rings (SSSR count). The molecule has 0 unspecified atom stereocenters. The molecule has 7 heteroatoms. The second-order valence-electron chi connectivity index (χ2n) is 6.73. The van der Waals surface area contributed by atoms with Gasteiger partial charge >= 0.3 is 7.12 Å². The number of hydrogen-bond acceptors (Lipinski definition) is 4. The van der Waals surface area contributed by atoms with Crippen LogP contribution in [-0.2, 0) is 9.31 Å². The van der Waals surface area contributed by atoms with Crippen LogP contribution in [0.4, 0.5) is 14.5 Å². The quantitative estimate of drug-likeness (QED) is 0.660. The van der Waals surface area contributed by atoms with Crippen LogP contribution in [0, 0.1) is 11.6 Å². The number of nitrogen functional groups attached to an aromatic ring is 1. The number of anilines is 1. The lowest BCUT2D eigenvalue weighted by atomic mass is 9.77. The van der Waals surface area contributed by atoms with E-state index >= 15 is 0 Å². The molecule has 1 saturated heterocycles. The summed E-state index contributed by atoms with van der Waals surface area (Å²) in [5, 5.41) is 3.00. The summed E-state index contributed by atoms with van der Waals surface area (Å²) < 4.78 is 39.2. The van der Waals surface area contributed by atoms with Crippen molar-refractivity contribution in [3.63, 3.8) is 0 Å². The Morgan fingerprint density at radius 1 is 1.22 bits per heavy atom. The summed E-state index contributed by atoms with van der Waals surface area (Å²) in [6.07, 6.45) is 1.56. The van der Waals surface area contributed by atoms with Crippen LogP contribution in [0.5, 0.6) is 0 Å². The SMILES string of the molecule is CNCC(=Cc1c(N)cc(F)cc1F)B1OC(C)(C)C(C)(C)O1. The van der Waals surface area contributed by atoms with Crippen molar-refractivity contribution in [2.24, 2.45) is 0 Å². The fourth-order valence-corrected chi connectivity index (χ4v) is 2.34. The van der Waals surface area contributed by atoms with Crippen LogP contribution in [0.3, 0.4) is 0 Å². The first-order valence-corrected chi connectivity index (χ1v) is 7.52. The molecule has 0 bridgehead atoms. The molecule has 0 atom stereocenters. The van der Waals surface area contributed by atoms with Crippen LogP contribution in [0.25, 0.3) is 6.08 Å². The van der Waals surface area contributed by atoms with Crippen molar-refractivity contribution >= 4 is 18.9 Å². The van der Waals surface area contributed by atoms with Crippen molar-refractivity contribution in [1.29, 1.82) is 0 Å². The van der Waals surface area contributed by atoms with Crippen molar-refractivity contribution in [1.82, 2.24) is 5.32 Å². The van der Waals surface area contributed by atoms with E-state index in [9.17, 15) is 8.78 Å². The molecule has 0 aromatic heterocycles. The first-order chi connectivity index (χ1) is 10.6. The van der Waals surface area contributed by atoms with Gasteiger partial charge in [0, 0.05) is 23.9 Å². The molecule has 0 saturated carbocycles. The van der Waals surface area contributed by atoms with E-state index in [0.717, 1.165) is 12.1 Å². The first kappa shape index (κ1) is 17.9. The van der Waals surface area contributed by atoms with E-state index in [1.54, 1.807) is 13.1 Å². The van der Waals surface area contributed by atoms with Gasteiger partial charge in [0.2, 0.25) is 0 Å². The van der Waals surface area contributed by atoms with Gasteiger partial charge in [-0.2, -0.15) is 0 Å². The molecular weight excluding hydrogens is 301 g/mol. The highest BCUT2D eigenvalue weighted by atomic mass is 19.1. The third-order valence-electron chi connectivity index (χ3n) is 4.39. The van der Waals surface area contributed by atoms with E-state index in [1.807, 2.05) is 27.7 Å². The summed E-state index contributed by atoms with van der Waals surface area (Å²) in [7, 11) is 1.14. The third-order valence-corrected chi connectivity index (χ3v) is 4.39. The summed E-state index contributed by atoms with van der Waals surface area (Å²) in [5.74, 6) is -1.42. The first-order valence-electron chi connectivity index (χ1n) is 7.52. The number of halogens is 2.